The van der Waals surface area contributed by atoms with Crippen LogP contribution in [0.15, 0.2) is 89.3 Å². The Balaban J connectivity index is 1.18. The van der Waals surface area contributed by atoms with E-state index in [1.165, 1.54) is 11.1 Å². The lowest BCUT2D eigenvalue weighted by Crippen LogP contribution is -2.41. The van der Waals surface area contributed by atoms with E-state index in [0.29, 0.717) is 18.1 Å². The van der Waals surface area contributed by atoms with E-state index < -0.39 is 0 Å². The highest BCUT2D eigenvalue weighted by atomic mass is 16.5. The van der Waals surface area contributed by atoms with Crippen molar-refractivity contribution in [2.75, 3.05) is 13.6 Å². The molecule has 6 heteroatoms. The molecule has 3 aromatic carbocycles. The van der Waals surface area contributed by atoms with Crippen LogP contribution in [-0.2, 0) is 24.4 Å². The van der Waals surface area contributed by atoms with Crippen LogP contribution in [0.5, 0.6) is 5.75 Å². The first-order chi connectivity index (χ1) is 19.5. The van der Waals surface area contributed by atoms with Gasteiger partial charge in [0, 0.05) is 26.1 Å². The highest BCUT2D eigenvalue weighted by Crippen LogP contribution is 2.41. The molecule has 2 aliphatic rings. The summed E-state index contributed by atoms with van der Waals surface area (Å²) in [6.07, 6.45) is 2.81. The Labute approximate surface area is 235 Å². The third kappa shape index (κ3) is 5.53. The fourth-order valence-electron chi connectivity index (χ4n) is 5.53. The number of aryl methyl sites for hydroxylation is 1. The van der Waals surface area contributed by atoms with Crippen molar-refractivity contribution < 1.29 is 18.7 Å². The van der Waals surface area contributed by atoms with Crippen molar-refractivity contribution in [1.82, 2.24) is 9.80 Å². The number of carbonyl (C=O) groups excluding carboxylic acids is 2. The number of amides is 2. The van der Waals surface area contributed by atoms with Crippen LogP contribution in [0.4, 0.5) is 0 Å². The van der Waals surface area contributed by atoms with Gasteiger partial charge in [-0.1, -0.05) is 66.2 Å². The van der Waals surface area contributed by atoms with Crippen molar-refractivity contribution in [3.63, 3.8) is 0 Å². The monoisotopic (exact) mass is 534 g/mol. The van der Waals surface area contributed by atoms with E-state index in [1.54, 1.807) is 24.1 Å². The Morgan fingerprint density at radius 3 is 2.58 bits per heavy atom. The maximum Gasteiger partial charge on any atom is 0.289 e. The number of benzene rings is 3. The van der Waals surface area contributed by atoms with Crippen molar-refractivity contribution in [2.45, 2.75) is 45.4 Å². The molecule has 0 unspecified atom stereocenters. The maximum atomic E-state index is 13.3. The van der Waals surface area contributed by atoms with Crippen molar-refractivity contribution in [3.8, 4) is 5.75 Å². The molecule has 6 nitrogen and oxygen atoms in total. The van der Waals surface area contributed by atoms with Gasteiger partial charge in [-0.25, -0.2) is 0 Å². The number of hydrogen-bond donors (Lipinski definition) is 0. The number of fused-ring (bicyclic) bond motifs is 1. The molecule has 1 aromatic heterocycles. The van der Waals surface area contributed by atoms with Gasteiger partial charge >= 0.3 is 0 Å². The molecular formula is C34H34N2O4. The van der Waals surface area contributed by atoms with Gasteiger partial charge in [0.15, 0.2) is 5.76 Å². The summed E-state index contributed by atoms with van der Waals surface area (Å²) < 4.78 is 12.0. The molecule has 0 radical (unpaired) electrons. The van der Waals surface area contributed by atoms with Gasteiger partial charge in [-0.2, -0.15) is 0 Å². The third-order valence-electron chi connectivity index (χ3n) is 7.78. The molecule has 0 spiro atoms. The van der Waals surface area contributed by atoms with Crippen LogP contribution in [0.25, 0.3) is 0 Å². The smallest absolute Gasteiger partial charge is 0.289 e. The summed E-state index contributed by atoms with van der Waals surface area (Å²) in [4.78, 5) is 29.9. The average Bonchev–Trinajstić information content (AvgIpc) is 3.72. The maximum absolute atomic E-state index is 13.3. The minimum atomic E-state index is -0.176. The van der Waals surface area contributed by atoms with Crippen LogP contribution in [0.2, 0.25) is 0 Å². The second kappa shape index (κ2) is 11.0. The van der Waals surface area contributed by atoms with Crippen LogP contribution in [0.1, 0.15) is 63.0 Å². The van der Waals surface area contributed by atoms with E-state index in [1.807, 2.05) is 36.4 Å². The summed E-state index contributed by atoms with van der Waals surface area (Å²) in [6.45, 7) is 3.52. The van der Waals surface area contributed by atoms with Crippen molar-refractivity contribution in [1.29, 1.82) is 0 Å². The first-order valence-corrected chi connectivity index (χ1v) is 14.0. The molecule has 0 saturated heterocycles. The van der Waals surface area contributed by atoms with Crippen LogP contribution >= 0.6 is 0 Å². The molecule has 204 valence electrons. The number of hydrogen-bond acceptors (Lipinski definition) is 4. The Kier molecular flexibility index (Phi) is 7.16. The predicted octanol–water partition coefficient (Wildman–Crippen LogP) is 6.32. The summed E-state index contributed by atoms with van der Waals surface area (Å²) >= 11 is 0. The lowest BCUT2D eigenvalue weighted by molar-refractivity contribution is -0.134. The van der Waals surface area contributed by atoms with Gasteiger partial charge in [0.25, 0.3) is 5.91 Å². The van der Waals surface area contributed by atoms with E-state index in [9.17, 15) is 9.59 Å². The predicted molar refractivity (Wildman–Crippen MR) is 153 cm³/mol. The summed E-state index contributed by atoms with van der Waals surface area (Å²) in [5, 5.41) is 0. The molecule has 1 aliphatic heterocycles. The minimum absolute atomic E-state index is 0.131. The quantitative estimate of drug-likeness (QED) is 0.265. The highest BCUT2D eigenvalue weighted by Gasteiger charge is 2.39. The first-order valence-electron chi connectivity index (χ1n) is 14.0. The van der Waals surface area contributed by atoms with E-state index in [-0.39, 0.29) is 36.1 Å². The molecule has 2 amide bonds. The van der Waals surface area contributed by atoms with Crippen LogP contribution in [-0.4, -0.2) is 35.2 Å². The van der Waals surface area contributed by atoms with Gasteiger partial charge in [-0.15, -0.1) is 0 Å². The molecule has 2 heterocycles. The van der Waals surface area contributed by atoms with Crippen LogP contribution in [0, 0.1) is 12.8 Å². The first kappa shape index (κ1) is 25.9. The molecule has 4 aromatic rings. The number of ether oxygens (including phenoxy) is 1. The Hall–Kier alpha value is -4.32. The van der Waals surface area contributed by atoms with Gasteiger partial charge in [-0.05, 0) is 72.7 Å². The van der Waals surface area contributed by atoms with Gasteiger partial charge < -0.3 is 19.0 Å². The summed E-state index contributed by atoms with van der Waals surface area (Å²) in [6, 6.07) is 27.8. The number of furan rings is 1. The lowest BCUT2D eigenvalue weighted by atomic mass is 9.87. The number of carbonyl (C=O) groups is 2. The second-order valence-corrected chi connectivity index (χ2v) is 10.9. The number of nitrogens with zero attached hydrogens (tertiary/aromatic N) is 2. The second-order valence-electron chi connectivity index (χ2n) is 10.9. The highest BCUT2D eigenvalue weighted by molar-refractivity contribution is 5.91. The van der Waals surface area contributed by atoms with E-state index in [0.717, 1.165) is 42.5 Å². The SMILES string of the molecule is Cc1cccc([C@@H]2c3cc(OCc4ccc(C(=O)N(C)Cc5ccccc5)o4)ccc3CCN2C(=O)C2CC2)c1. The summed E-state index contributed by atoms with van der Waals surface area (Å²) in [5.41, 5.74) is 5.71. The van der Waals surface area contributed by atoms with E-state index >= 15 is 0 Å². The molecule has 40 heavy (non-hydrogen) atoms. The zero-order valence-corrected chi connectivity index (χ0v) is 23.0. The molecular weight excluding hydrogens is 500 g/mol. The fraction of sp³-hybridized carbons (Fsp3) is 0.294. The fourth-order valence-corrected chi connectivity index (χ4v) is 5.53. The topological polar surface area (TPSA) is 63.0 Å². The van der Waals surface area contributed by atoms with Gasteiger partial charge in [-0.3, -0.25) is 9.59 Å². The normalized spacial score (nSPS) is 16.4. The molecule has 0 bridgehead atoms. The molecule has 6 rings (SSSR count). The van der Waals surface area contributed by atoms with Crippen molar-refractivity contribution >= 4 is 11.8 Å². The summed E-state index contributed by atoms with van der Waals surface area (Å²) in [7, 11) is 1.77. The molecule has 1 atom stereocenters. The molecule has 1 fully saturated rings. The Morgan fingerprint density at radius 1 is 0.975 bits per heavy atom. The Morgan fingerprint density at radius 2 is 1.80 bits per heavy atom. The molecule has 1 saturated carbocycles. The number of rotatable bonds is 8. The van der Waals surface area contributed by atoms with Gasteiger partial charge in [0.05, 0.1) is 6.04 Å². The van der Waals surface area contributed by atoms with Crippen molar-refractivity contribution in [2.24, 2.45) is 5.92 Å². The van der Waals surface area contributed by atoms with Gasteiger partial charge in [0.2, 0.25) is 5.91 Å². The van der Waals surface area contributed by atoms with Gasteiger partial charge in [0.1, 0.15) is 18.1 Å². The average molecular weight is 535 g/mol. The van der Waals surface area contributed by atoms with Crippen LogP contribution < -0.4 is 4.74 Å². The third-order valence-corrected chi connectivity index (χ3v) is 7.78. The standard InChI is InChI=1S/C34H34N2O4/c1-23-7-6-10-27(19-23)32-30-20-28(14-13-25(30)17-18-36(32)33(37)26-11-12-26)39-22-29-15-16-31(40-29)34(38)35(2)21-24-8-4-3-5-9-24/h3-10,13-16,19-20,26,32H,11-12,17-18,21-22H2,1-2H3/t32-/m1/s1. The zero-order valence-electron chi connectivity index (χ0n) is 23.0. The molecule has 0 N–H and O–H groups in total. The molecule has 1 aliphatic carbocycles. The van der Waals surface area contributed by atoms with E-state index in [2.05, 4.69) is 48.2 Å². The zero-order chi connectivity index (χ0) is 27.6. The lowest BCUT2D eigenvalue weighted by Gasteiger charge is -2.38. The summed E-state index contributed by atoms with van der Waals surface area (Å²) in [5.74, 6) is 1.82. The van der Waals surface area contributed by atoms with Crippen LogP contribution in [0.3, 0.4) is 0 Å². The Bertz CT molecular complexity index is 1520. The minimum Gasteiger partial charge on any atom is -0.486 e. The largest absolute Gasteiger partial charge is 0.486 e. The van der Waals surface area contributed by atoms with E-state index in [4.69, 9.17) is 9.15 Å². The van der Waals surface area contributed by atoms with Crippen molar-refractivity contribution in [3.05, 3.63) is 124 Å².